The Labute approximate surface area is 127 Å². The summed E-state index contributed by atoms with van der Waals surface area (Å²) in [5.74, 6) is 0.159. The van der Waals surface area contributed by atoms with Gasteiger partial charge in [-0.05, 0) is 24.6 Å². The summed E-state index contributed by atoms with van der Waals surface area (Å²) < 4.78 is 19.4. The van der Waals surface area contributed by atoms with Crippen molar-refractivity contribution in [2.45, 2.75) is 13.5 Å². The molecule has 2 N–H and O–H groups in total. The first-order chi connectivity index (χ1) is 9.49. The molecule has 0 aliphatic heterocycles. The Kier molecular flexibility index (Phi) is 4.57. The maximum absolute atomic E-state index is 13.8. The van der Waals surface area contributed by atoms with E-state index in [9.17, 15) is 4.39 Å². The first-order valence-electron chi connectivity index (χ1n) is 5.95. The standard InChI is InChI=1S/C15H13ClFNOS/c1-9-5-6-10(15(18)20)7-13(9)19-8-11-3-2-4-12(16)14(11)17/h2-7H,8H2,1H3,(H2,18,20). The van der Waals surface area contributed by atoms with Crippen molar-refractivity contribution in [1.29, 1.82) is 0 Å². The molecule has 0 unspecified atom stereocenters. The minimum absolute atomic E-state index is 0.0831. The van der Waals surface area contributed by atoms with E-state index in [0.717, 1.165) is 5.56 Å². The quantitative estimate of drug-likeness (QED) is 0.867. The van der Waals surface area contributed by atoms with Crippen molar-refractivity contribution in [1.82, 2.24) is 0 Å². The maximum atomic E-state index is 13.8. The van der Waals surface area contributed by atoms with Crippen molar-refractivity contribution in [3.05, 3.63) is 63.9 Å². The van der Waals surface area contributed by atoms with Gasteiger partial charge in [-0.3, -0.25) is 0 Å². The third-order valence-electron chi connectivity index (χ3n) is 2.89. The predicted molar refractivity (Wildman–Crippen MR) is 82.8 cm³/mol. The summed E-state index contributed by atoms with van der Waals surface area (Å²) in [5.41, 5.74) is 7.62. The number of ether oxygens (including phenoxy) is 1. The van der Waals surface area contributed by atoms with E-state index in [-0.39, 0.29) is 11.6 Å². The molecule has 2 aromatic rings. The molecule has 104 valence electrons. The fourth-order valence-corrected chi connectivity index (χ4v) is 2.05. The molecule has 0 fully saturated rings. The van der Waals surface area contributed by atoms with E-state index in [4.69, 9.17) is 34.3 Å². The number of nitrogens with two attached hydrogens (primary N) is 1. The lowest BCUT2D eigenvalue weighted by Crippen LogP contribution is -2.10. The third-order valence-corrected chi connectivity index (χ3v) is 3.42. The maximum Gasteiger partial charge on any atom is 0.148 e. The van der Waals surface area contributed by atoms with Crippen molar-refractivity contribution in [2.24, 2.45) is 5.73 Å². The van der Waals surface area contributed by atoms with Gasteiger partial charge in [-0.2, -0.15) is 0 Å². The number of benzene rings is 2. The molecule has 0 amide bonds. The largest absolute Gasteiger partial charge is 0.489 e. The van der Waals surface area contributed by atoms with Crippen LogP contribution >= 0.6 is 23.8 Å². The summed E-state index contributed by atoms with van der Waals surface area (Å²) >= 11 is 10.7. The van der Waals surface area contributed by atoms with Crippen LogP contribution in [0.15, 0.2) is 36.4 Å². The Morgan fingerprint density at radius 2 is 2.10 bits per heavy atom. The van der Waals surface area contributed by atoms with E-state index >= 15 is 0 Å². The van der Waals surface area contributed by atoms with E-state index < -0.39 is 5.82 Å². The van der Waals surface area contributed by atoms with Crippen molar-refractivity contribution in [2.75, 3.05) is 0 Å². The molecule has 2 aromatic carbocycles. The second kappa shape index (κ2) is 6.20. The molecule has 0 saturated heterocycles. The molecule has 20 heavy (non-hydrogen) atoms. The van der Waals surface area contributed by atoms with Gasteiger partial charge < -0.3 is 10.5 Å². The van der Waals surface area contributed by atoms with Gasteiger partial charge in [-0.1, -0.05) is 48.1 Å². The van der Waals surface area contributed by atoms with E-state index in [1.54, 1.807) is 18.2 Å². The fourth-order valence-electron chi connectivity index (χ4n) is 1.72. The van der Waals surface area contributed by atoms with Gasteiger partial charge >= 0.3 is 0 Å². The lowest BCUT2D eigenvalue weighted by molar-refractivity contribution is 0.298. The summed E-state index contributed by atoms with van der Waals surface area (Å²) in [5, 5.41) is 0.0831. The molecule has 0 bridgehead atoms. The van der Waals surface area contributed by atoms with Crippen LogP contribution in [0.2, 0.25) is 5.02 Å². The second-order valence-electron chi connectivity index (χ2n) is 4.35. The molecule has 0 atom stereocenters. The Bertz CT molecular complexity index is 660. The number of thiocarbonyl (C=S) groups is 1. The highest BCUT2D eigenvalue weighted by Gasteiger charge is 2.08. The van der Waals surface area contributed by atoms with Crippen LogP contribution in [-0.2, 0) is 6.61 Å². The van der Waals surface area contributed by atoms with Crippen LogP contribution in [0.5, 0.6) is 5.75 Å². The third kappa shape index (κ3) is 3.26. The Hall–Kier alpha value is -1.65. The molecule has 0 heterocycles. The van der Waals surface area contributed by atoms with Crippen LogP contribution < -0.4 is 10.5 Å². The zero-order chi connectivity index (χ0) is 14.7. The van der Waals surface area contributed by atoms with Gasteiger partial charge in [0.1, 0.15) is 23.2 Å². The number of hydrogen-bond donors (Lipinski definition) is 1. The fraction of sp³-hybridized carbons (Fsp3) is 0.133. The molecule has 0 aliphatic carbocycles. The summed E-state index contributed by atoms with van der Waals surface area (Å²) in [7, 11) is 0. The van der Waals surface area contributed by atoms with Gasteiger partial charge in [-0.25, -0.2) is 4.39 Å². The van der Waals surface area contributed by atoms with Gasteiger partial charge in [0.25, 0.3) is 0 Å². The molecule has 0 saturated carbocycles. The van der Waals surface area contributed by atoms with Crippen LogP contribution in [0.4, 0.5) is 4.39 Å². The Morgan fingerprint density at radius 3 is 2.80 bits per heavy atom. The molecule has 2 rings (SSSR count). The second-order valence-corrected chi connectivity index (χ2v) is 5.19. The number of hydrogen-bond acceptors (Lipinski definition) is 2. The van der Waals surface area contributed by atoms with Gasteiger partial charge in [-0.15, -0.1) is 0 Å². The molecule has 0 spiro atoms. The number of rotatable bonds is 4. The van der Waals surface area contributed by atoms with Gasteiger partial charge in [0.05, 0.1) is 5.02 Å². The van der Waals surface area contributed by atoms with Gasteiger partial charge in [0, 0.05) is 11.1 Å². The van der Waals surface area contributed by atoms with Crippen LogP contribution in [0.3, 0.4) is 0 Å². The number of halogens is 2. The summed E-state index contributed by atoms with van der Waals surface area (Å²) in [6.45, 7) is 1.99. The van der Waals surface area contributed by atoms with Crippen molar-refractivity contribution >= 4 is 28.8 Å². The smallest absolute Gasteiger partial charge is 0.148 e. The molecule has 0 radical (unpaired) electrons. The first-order valence-corrected chi connectivity index (χ1v) is 6.74. The SMILES string of the molecule is Cc1ccc(C(N)=S)cc1OCc1cccc(Cl)c1F. The van der Waals surface area contributed by atoms with Crippen molar-refractivity contribution < 1.29 is 9.13 Å². The van der Waals surface area contributed by atoms with Crippen LogP contribution in [0, 0.1) is 12.7 Å². The molecular weight excluding hydrogens is 297 g/mol. The van der Waals surface area contributed by atoms with Gasteiger partial charge in [0.2, 0.25) is 0 Å². The Morgan fingerprint density at radius 1 is 1.35 bits per heavy atom. The van der Waals surface area contributed by atoms with Crippen LogP contribution in [0.25, 0.3) is 0 Å². The zero-order valence-electron chi connectivity index (χ0n) is 10.8. The highest BCUT2D eigenvalue weighted by molar-refractivity contribution is 7.80. The van der Waals surface area contributed by atoms with E-state index in [1.807, 2.05) is 19.1 Å². The first kappa shape index (κ1) is 14.8. The van der Waals surface area contributed by atoms with E-state index in [0.29, 0.717) is 21.9 Å². The molecule has 2 nitrogen and oxygen atoms in total. The highest BCUT2D eigenvalue weighted by atomic mass is 35.5. The Balaban J connectivity index is 2.20. The lowest BCUT2D eigenvalue weighted by Gasteiger charge is -2.11. The highest BCUT2D eigenvalue weighted by Crippen LogP contribution is 2.23. The minimum atomic E-state index is -0.461. The summed E-state index contributed by atoms with van der Waals surface area (Å²) in [4.78, 5) is 0.295. The van der Waals surface area contributed by atoms with E-state index in [2.05, 4.69) is 0 Å². The van der Waals surface area contributed by atoms with Crippen molar-refractivity contribution in [3.8, 4) is 5.75 Å². The molecular formula is C15H13ClFNOS. The van der Waals surface area contributed by atoms with Crippen molar-refractivity contribution in [3.63, 3.8) is 0 Å². The minimum Gasteiger partial charge on any atom is -0.489 e. The predicted octanol–water partition coefficient (Wildman–Crippen LogP) is 4.00. The van der Waals surface area contributed by atoms with Gasteiger partial charge in [0.15, 0.2) is 0 Å². The normalized spacial score (nSPS) is 10.3. The van der Waals surface area contributed by atoms with Crippen LogP contribution in [-0.4, -0.2) is 4.99 Å². The summed E-state index contributed by atoms with van der Waals surface area (Å²) in [6.07, 6.45) is 0. The zero-order valence-corrected chi connectivity index (χ0v) is 12.4. The average Bonchev–Trinajstić information content (AvgIpc) is 2.41. The molecule has 0 aromatic heterocycles. The average molecular weight is 310 g/mol. The van der Waals surface area contributed by atoms with E-state index in [1.165, 1.54) is 6.07 Å². The summed E-state index contributed by atoms with van der Waals surface area (Å²) in [6, 6.07) is 10.2. The van der Waals surface area contributed by atoms with Crippen LogP contribution in [0.1, 0.15) is 16.7 Å². The number of aryl methyl sites for hydroxylation is 1. The lowest BCUT2D eigenvalue weighted by atomic mass is 10.1. The molecule has 0 aliphatic rings. The monoisotopic (exact) mass is 309 g/mol. The topological polar surface area (TPSA) is 35.2 Å². The molecule has 5 heteroatoms.